The van der Waals surface area contributed by atoms with Crippen LogP contribution in [0.5, 0.6) is 0 Å². The van der Waals surface area contributed by atoms with E-state index in [-0.39, 0.29) is 18.5 Å². The first-order valence-corrected chi connectivity index (χ1v) is 6.31. The molecule has 0 bridgehead atoms. The Balaban J connectivity index is 1.84. The standard InChI is InChI=1S/C12H20N2O3/c1-13(8-9-2-3-9)12(17)14(10-4-5-10)7-6-11(15)16/h9-10H,2-8H2,1H3,(H,15,16). The van der Waals surface area contributed by atoms with E-state index in [1.54, 1.807) is 9.80 Å². The maximum Gasteiger partial charge on any atom is 0.320 e. The van der Waals surface area contributed by atoms with Crippen LogP contribution in [0.1, 0.15) is 32.1 Å². The van der Waals surface area contributed by atoms with Gasteiger partial charge in [-0.3, -0.25) is 4.79 Å². The molecular formula is C12H20N2O3. The number of nitrogens with zero attached hydrogens (tertiary/aromatic N) is 2. The first-order valence-electron chi connectivity index (χ1n) is 6.31. The van der Waals surface area contributed by atoms with E-state index < -0.39 is 5.97 Å². The van der Waals surface area contributed by atoms with Crippen molar-refractivity contribution in [2.24, 2.45) is 5.92 Å². The lowest BCUT2D eigenvalue weighted by Gasteiger charge is -2.28. The summed E-state index contributed by atoms with van der Waals surface area (Å²) < 4.78 is 0. The van der Waals surface area contributed by atoms with Gasteiger partial charge in [0.2, 0.25) is 0 Å². The molecule has 0 atom stereocenters. The Labute approximate surface area is 101 Å². The lowest BCUT2D eigenvalue weighted by atomic mass is 10.3. The summed E-state index contributed by atoms with van der Waals surface area (Å²) in [6, 6.07) is 0.282. The molecule has 0 saturated heterocycles. The fourth-order valence-electron chi connectivity index (χ4n) is 2.02. The molecule has 2 amide bonds. The molecule has 5 nitrogen and oxygen atoms in total. The molecule has 0 aliphatic heterocycles. The number of hydrogen-bond donors (Lipinski definition) is 1. The Morgan fingerprint density at radius 3 is 2.35 bits per heavy atom. The van der Waals surface area contributed by atoms with Gasteiger partial charge in [-0.25, -0.2) is 4.79 Å². The number of carbonyl (C=O) groups is 2. The van der Waals surface area contributed by atoms with Crippen LogP contribution in [-0.2, 0) is 4.79 Å². The van der Waals surface area contributed by atoms with Gasteiger partial charge in [-0.05, 0) is 31.6 Å². The van der Waals surface area contributed by atoms with E-state index in [9.17, 15) is 9.59 Å². The Morgan fingerprint density at radius 2 is 1.88 bits per heavy atom. The SMILES string of the molecule is CN(CC1CC1)C(=O)N(CCC(=O)O)C1CC1. The molecule has 5 heteroatoms. The summed E-state index contributed by atoms with van der Waals surface area (Å²) in [7, 11) is 1.82. The Kier molecular flexibility index (Phi) is 3.54. The summed E-state index contributed by atoms with van der Waals surface area (Å²) in [5.41, 5.74) is 0. The molecule has 0 aromatic carbocycles. The second-order valence-corrected chi connectivity index (χ2v) is 5.17. The topological polar surface area (TPSA) is 60.9 Å². The van der Waals surface area contributed by atoms with Crippen LogP contribution in [0.2, 0.25) is 0 Å². The van der Waals surface area contributed by atoms with Crippen molar-refractivity contribution in [2.45, 2.75) is 38.1 Å². The highest BCUT2D eigenvalue weighted by atomic mass is 16.4. The molecule has 2 aliphatic carbocycles. The largest absolute Gasteiger partial charge is 0.481 e. The van der Waals surface area contributed by atoms with Gasteiger partial charge in [0, 0.05) is 26.2 Å². The minimum Gasteiger partial charge on any atom is -0.481 e. The van der Waals surface area contributed by atoms with Gasteiger partial charge >= 0.3 is 12.0 Å². The van der Waals surface area contributed by atoms with Crippen LogP contribution in [-0.4, -0.2) is 53.1 Å². The molecule has 17 heavy (non-hydrogen) atoms. The second-order valence-electron chi connectivity index (χ2n) is 5.17. The summed E-state index contributed by atoms with van der Waals surface area (Å²) in [5.74, 6) is -0.169. The van der Waals surface area contributed by atoms with Crippen LogP contribution in [0.4, 0.5) is 4.79 Å². The third-order valence-electron chi connectivity index (χ3n) is 3.36. The highest BCUT2D eigenvalue weighted by Crippen LogP contribution is 2.31. The van der Waals surface area contributed by atoms with E-state index in [2.05, 4.69) is 0 Å². The van der Waals surface area contributed by atoms with E-state index in [0.717, 1.165) is 19.4 Å². The number of amides is 2. The van der Waals surface area contributed by atoms with Crippen molar-refractivity contribution in [1.82, 2.24) is 9.80 Å². The van der Waals surface area contributed by atoms with Crippen molar-refractivity contribution in [3.05, 3.63) is 0 Å². The quantitative estimate of drug-likeness (QED) is 0.763. The average Bonchev–Trinajstić information content (AvgIpc) is 3.10. The number of carbonyl (C=O) groups excluding carboxylic acids is 1. The number of hydrogen-bond acceptors (Lipinski definition) is 2. The zero-order valence-electron chi connectivity index (χ0n) is 10.3. The van der Waals surface area contributed by atoms with Crippen LogP contribution in [0.3, 0.4) is 0 Å². The van der Waals surface area contributed by atoms with E-state index in [1.807, 2.05) is 7.05 Å². The number of carboxylic acid groups (broad SMARTS) is 1. The van der Waals surface area contributed by atoms with E-state index in [4.69, 9.17) is 5.11 Å². The lowest BCUT2D eigenvalue weighted by Crippen LogP contribution is -2.44. The third-order valence-corrected chi connectivity index (χ3v) is 3.36. The fourth-order valence-corrected chi connectivity index (χ4v) is 2.02. The molecule has 2 aliphatic rings. The summed E-state index contributed by atoms with van der Waals surface area (Å²) in [6.07, 6.45) is 4.51. The van der Waals surface area contributed by atoms with Gasteiger partial charge in [0.1, 0.15) is 0 Å². The van der Waals surface area contributed by atoms with Gasteiger partial charge in [-0.15, -0.1) is 0 Å². The predicted molar refractivity (Wildman–Crippen MR) is 62.7 cm³/mol. The number of carboxylic acids is 1. The Hall–Kier alpha value is -1.26. The van der Waals surface area contributed by atoms with Crippen molar-refractivity contribution in [2.75, 3.05) is 20.1 Å². The minimum atomic E-state index is -0.840. The highest BCUT2D eigenvalue weighted by Gasteiger charge is 2.35. The van der Waals surface area contributed by atoms with Gasteiger partial charge < -0.3 is 14.9 Å². The Bertz CT molecular complexity index is 311. The third kappa shape index (κ3) is 3.61. The van der Waals surface area contributed by atoms with Gasteiger partial charge in [0.15, 0.2) is 0 Å². The maximum absolute atomic E-state index is 12.2. The van der Waals surface area contributed by atoms with Crippen molar-refractivity contribution in [1.29, 1.82) is 0 Å². The zero-order valence-corrected chi connectivity index (χ0v) is 10.3. The molecule has 2 saturated carbocycles. The first-order chi connectivity index (χ1) is 8.08. The van der Waals surface area contributed by atoms with Gasteiger partial charge in [-0.1, -0.05) is 0 Å². The smallest absolute Gasteiger partial charge is 0.320 e. The van der Waals surface area contributed by atoms with Crippen LogP contribution < -0.4 is 0 Å². The van der Waals surface area contributed by atoms with Crippen LogP contribution in [0.25, 0.3) is 0 Å². The molecule has 1 N–H and O–H groups in total. The van der Waals surface area contributed by atoms with E-state index in [1.165, 1.54) is 12.8 Å². The van der Waals surface area contributed by atoms with Gasteiger partial charge in [-0.2, -0.15) is 0 Å². The maximum atomic E-state index is 12.2. The second kappa shape index (κ2) is 4.94. The predicted octanol–water partition coefficient (Wildman–Crippen LogP) is 1.39. The minimum absolute atomic E-state index is 0.000602. The highest BCUT2D eigenvalue weighted by molar-refractivity contribution is 5.76. The molecule has 0 spiro atoms. The molecule has 2 rings (SSSR count). The van der Waals surface area contributed by atoms with Crippen LogP contribution in [0, 0.1) is 5.92 Å². The monoisotopic (exact) mass is 240 g/mol. The molecule has 2 fully saturated rings. The van der Waals surface area contributed by atoms with E-state index >= 15 is 0 Å². The van der Waals surface area contributed by atoms with Gasteiger partial charge in [0.25, 0.3) is 0 Å². The number of aliphatic carboxylic acids is 1. The fraction of sp³-hybridized carbons (Fsp3) is 0.833. The van der Waals surface area contributed by atoms with Gasteiger partial charge in [0.05, 0.1) is 6.42 Å². The van der Waals surface area contributed by atoms with Crippen LogP contribution in [0.15, 0.2) is 0 Å². The van der Waals surface area contributed by atoms with Crippen molar-refractivity contribution in [3.8, 4) is 0 Å². The molecule has 0 aromatic heterocycles. The van der Waals surface area contributed by atoms with Crippen molar-refractivity contribution < 1.29 is 14.7 Å². The molecular weight excluding hydrogens is 220 g/mol. The van der Waals surface area contributed by atoms with Crippen LogP contribution >= 0.6 is 0 Å². The first kappa shape index (κ1) is 12.2. The Morgan fingerprint density at radius 1 is 1.24 bits per heavy atom. The number of rotatable bonds is 6. The lowest BCUT2D eigenvalue weighted by molar-refractivity contribution is -0.137. The normalized spacial score (nSPS) is 18.9. The molecule has 0 heterocycles. The summed E-state index contributed by atoms with van der Waals surface area (Å²) in [6.45, 7) is 1.16. The van der Waals surface area contributed by atoms with E-state index in [0.29, 0.717) is 12.5 Å². The average molecular weight is 240 g/mol. The summed E-state index contributed by atoms with van der Waals surface area (Å²) in [4.78, 5) is 26.2. The van der Waals surface area contributed by atoms with Crippen molar-refractivity contribution >= 4 is 12.0 Å². The van der Waals surface area contributed by atoms with Crippen molar-refractivity contribution in [3.63, 3.8) is 0 Å². The molecule has 0 aromatic rings. The summed E-state index contributed by atoms with van der Waals surface area (Å²) >= 11 is 0. The zero-order chi connectivity index (χ0) is 12.4. The number of urea groups is 1. The molecule has 96 valence electrons. The molecule has 0 unspecified atom stereocenters. The summed E-state index contributed by atoms with van der Waals surface area (Å²) in [5, 5.41) is 8.69. The molecule has 0 radical (unpaired) electrons.